The molecular weight excluding hydrogens is 320 g/mol. The van der Waals surface area contributed by atoms with Crippen molar-refractivity contribution < 1.29 is 13.2 Å². The number of hydrogen-bond acceptors (Lipinski definition) is 3. The standard InChI is InChI=1S/C11H15BrN2O3S/c1-2-18(16,17)14(8-11(13)15)7-9-3-5-10(12)6-4-9/h3-6H,2,7-8H2,1H3,(H2,13,15). The quantitative estimate of drug-likeness (QED) is 0.845. The van der Waals surface area contributed by atoms with Crippen LogP contribution in [0.2, 0.25) is 0 Å². The lowest BCUT2D eigenvalue weighted by atomic mass is 10.2. The first-order valence-corrected chi connectivity index (χ1v) is 7.76. The molecule has 18 heavy (non-hydrogen) atoms. The number of halogens is 1. The van der Waals surface area contributed by atoms with Crippen LogP contribution in [0.1, 0.15) is 12.5 Å². The first-order chi connectivity index (χ1) is 8.35. The molecule has 0 atom stereocenters. The fraction of sp³-hybridized carbons (Fsp3) is 0.364. The predicted octanol–water partition coefficient (Wildman–Crippen LogP) is 1.09. The van der Waals surface area contributed by atoms with Crippen molar-refractivity contribution in [1.82, 2.24) is 4.31 Å². The molecule has 0 unspecified atom stereocenters. The minimum absolute atomic E-state index is 0.0587. The highest BCUT2D eigenvalue weighted by atomic mass is 79.9. The Hall–Kier alpha value is -0.920. The summed E-state index contributed by atoms with van der Waals surface area (Å²) in [5.41, 5.74) is 5.87. The van der Waals surface area contributed by atoms with Crippen molar-refractivity contribution in [2.75, 3.05) is 12.3 Å². The molecule has 7 heteroatoms. The van der Waals surface area contributed by atoms with Gasteiger partial charge in [0.1, 0.15) is 0 Å². The Morgan fingerprint density at radius 3 is 2.33 bits per heavy atom. The molecule has 2 N–H and O–H groups in total. The highest BCUT2D eigenvalue weighted by Gasteiger charge is 2.21. The van der Waals surface area contributed by atoms with E-state index in [1.807, 2.05) is 12.1 Å². The normalized spacial score (nSPS) is 11.7. The van der Waals surface area contributed by atoms with Crippen LogP contribution in [0.15, 0.2) is 28.7 Å². The first-order valence-electron chi connectivity index (χ1n) is 5.35. The lowest BCUT2D eigenvalue weighted by Crippen LogP contribution is -2.38. The Morgan fingerprint density at radius 2 is 1.89 bits per heavy atom. The van der Waals surface area contributed by atoms with Crippen molar-refractivity contribution in [2.45, 2.75) is 13.5 Å². The Morgan fingerprint density at radius 1 is 1.33 bits per heavy atom. The van der Waals surface area contributed by atoms with Gasteiger partial charge in [0.05, 0.1) is 12.3 Å². The molecule has 1 aromatic carbocycles. The molecule has 0 heterocycles. The molecule has 0 aliphatic heterocycles. The number of carbonyl (C=O) groups is 1. The second-order valence-electron chi connectivity index (χ2n) is 3.76. The summed E-state index contributed by atoms with van der Waals surface area (Å²) in [6, 6.07) is 7.22. The van der Waals surface area contributed by atoms with Crippen molar-refractivity contribution in [3.05, 3.63) is 34.3 Å². The molecular formula is C11H15BrN2O3S. The number of sulfonamides is 1. The molecule has 0 aliphatic rings. The number of rotatable bonds is 6. The lowest BCUT2D eigenvalue weighted by Gasteiger charge is -2.19. The Labute approximate surface area is 115 Å². The van der Waals surface area contributed by atoms with Crippen LogP contribution >= 0.6 is 15.9 Å². The lowest BCUT2D eigenvalue weighted by molar-refractivity contribution is -0.118. The van der Waals surface area contributed by atoms with E-state index in [2.05, 4.69) is 15.9 Å². The molecule has 0 aliphatic carbocycles. The van der Waals surface area contributed by atoms with Gasteiger partial charge in [-0.05, 0) is 24.6 Å². The summed E-state index contributed by atoms with van der Waals surface area (Å²) in [6.45, 7) is 1.38. The van der Waals surface area contributed by atoms with Gasteiger partial charge in [-0.25, -0.2) is 8.42 Å². The second-order valence-corrected chi connectivity index (χ2v) is 6.93. The molecule has 1 rings (SSSR count). The van der Waals surface area contributed by atoms with E-state index < -0.39 is 15.9 Å². The minimum Gasteiger partial charge on any atom is -0.369 e. The van der Waals surface area contributed by atoms with Gasteiger partial charge < -0.3 is 5.73 Å². The van der Waals surface area contributed by atoms with Gasteiger partial charge in [0.2, 0.25) is 15.9 Å². The average Bonchev–Trinajstić information content (AvgIpc) is 2.30. The largest absolute Gasteiger partial charge is 0.369 e. The number of amides is 1. The second kappa shape index (κ2) is 6.31. The fourth-order valence-corrected chi connectivity index (χ4v) is 2.70. The van der Waals surface area contributed by atoms with Crippen LogP contribution in [0.5, 0.6) is 0 Å². The van der Waals surface area contributed by atoms with Crippen molar-refractivity contribution in [2.24, 2.45) is 5.73 Å². The van der Waals surface area contributed by atoms with Crippen molar-refractivity contribution in [3.8, 4) is 0 Å². The summed E-state index contributed by atoms with van der Waals surface area (Å²) in [5.74, 6) is -0.722. The first kappa shape index (κ1) is 15.1. The maximum absolute atomic E-state index is 11.8. The molecule has 1 aromatic rings. The molecule has 0 fully saturated rings. The van der Waals surface area contributed by atoms with Crippen LogP contribution in [0, 0.1) is 0 Å². The van der Waals surface area contributed by atoms with Gasteiger partial charge in [-0.3, -0.25) is 4.79 Å². The smallest absolute Gasteiger partial charge is 0.232 e. The zero-order chi connectivity index (χ0) is 13.8. The van der Waals surface area contributed by atoms with Gasteiger partial charge in [-0.15, -0.1) is 0 Å². The number of nitrogens with zero attached hydrogens (tertiary/aromatic N) is 1. The Balaban J connectivity index is 2.91. The van der Waals surface area contributed by atoms with Gasteiger partial charge in [-0.2, -0.15) is 4.31 Å². The number of hydrogen-bond donors (Lipinski definition) is 1. The van der Waals surface area contributed by atoms with Gasteiger partial charge in [0, 0.05) is 11.0 Å². The Bertz CT molecular complexity index is 514. The van der Waals surface area contributed by atoms with Crippen molar-refractivity contribution >= 4 is 31.9 Å². The third-order valence-corrected chi connectivity index (χ3v) is 4.67. The van der Waals surface area contributed by atoms with E-state index in [9.17, 15) is 13.2 Å². The molecule has 0 radical (unpaired) electrons. The zero-order valence-corrected chi connectivity index (χ0v) is 12.4. The van der Waals surface area contributed by atoms with E-state index in [0.717, 1.165) is 14.3 Å². The predicted molar refractivity (Wildman–Crippen MR) is 73.2 cm³/mol. The third-order valence-electron chi connectivity index (χ3n) is 2.36. The van der Waals surface area contributed by atoms with Gasteiger partial charge in [0.25, 0.3) is 0 Å². The number of carbonyl (C=O) groups excluding carboxylic acids is 1. The molecule has 1 amide bonds. The molecule has 0 aromatic heterocycles. The van der Waals surface area contributed by atoms with E-state index in [-0.39, 0.29) is 18.8 Å². The maximum Gasteiger partial charge on any atom is 0.232 e. The zero-order valence-electron chi connectivity index (χ0n) is 9.97. The van der Waals surface area contributed by atoms with E-state index >= 15 is 0 Å². The van der Waals surface area contributed by atoms with E-state index in [0.29, 0.717) is 0 Å². The summed E-state index contributed by atoms with van der Waals surface area (Å²) in [7, 11) is -3.44. The van der Waals surface area contributed by atoms with Crippen LogP contribution in [-0.4, -0.2) is 30.9 Å². The summed E-state index contributed by atoms with van der Waals surface area (Å²) in [4.78, 5) is 10.9. The summed E-state index contributed by atoms with van der Waals surface area (Å²) < 4.78 is 25.6. The van der Waals surface area contributed by atoms with Crippen LogP contribution < -0.4 is 5.73 Å². The molecule has 5 nitrogen and oxygen atoms in total. The highest BCUT2D eigenvalue weighted by Crippen LogP contribution is 2.14. The van der Waals surface area contributed by atoms with E-state index in [1.54, 1.807) is 12.1 Å². The van der Waals surface area contributed by atoms with Crippen molar-refractivity contribution in [3.63, 3.8) is 0 Å². The van der Waals surface area contributed by atoms with Gasteiger partial charge in [-0.1, -0.05) is 28.1 Å². The summed E-state index contributed by atoms with van der Waals surface area (Å²) in [6.07, 6.45) is 0. The Kier molecular flexibility index (Phi) is 5.30. The topological polar surface area (TPSA) is 80.5 Å². The highest BCUT2D eigenvalue weighted by molar-refractivity contribution is 9.10. The van der Waals surface area contributed by atoms with Crippen LogP contribution in [-0.2, 0) is 21.4 Å². The molecule has 0 bridgehead atoms. The van der Waals surface area contributed by atoms with E-state index in [1.165, 1.54) is 6.92 Å². The maximum atomic E-state index is 11.8. The van der Waals surface area contributed by atoms with Crippen LogP contribution in [0.4, 0.5) is 0 Å². The monoisotopic (exact) mass is 334 g/mol. The number of benzene rings is 1. The summed E-state index contributed by atoms with van der Waals surface area (Å²) >= 11 is 3.30. The minimum atomic E-state index is -3.44. The van der Waals surface area contributed by atoms with Gasteiger partial charge in [0.15, 0.2) is 0 Å². The average molecular weight is 335 g/mol. The fourth-order valence-electron chi connectivity index (χ4n) is 1.40. The van der Waals surface area contributed by atoms with Gasteiger partial charge >= 0.3 is 0 Å². The molecule has 0 saturated heterocycles. The molecule has 0 spiro atoms. The van der Waals surface area contributed by atoms with Crippen LogP contribution in [0.3, 0.4) is 0 Å². The third kappa shape index (κ3) is 4.40. The van der Waals surface area contributed by atoms with Crippen LogP contribution in [0.25, 0.3) is 0 Å². The molecule has 0 saturated carbocycles. The summed E-state index contributed by atoms with van der Waals surface area (Å²) in [5, 5.41) is 0. The van der Waals surface area contributed by atoms with E-state index in [4.69, 9.17) is 5.73 Å². The van der Waals surface area contributed by atoms with Crippen molar-refractivity contribution in [1.29, 1.82) is 0 Å². The molecule has 100 valence electrons. The number of nitrogens with two attached hydrogens (primary N) is 1. The SMILES string of the molecule is CCS(=O)(=O)N(CC(N)=O)Cc1ccc(Br)cc1. The number of primary amides is 1.